The van der Waals surface area contributed by atoms with Crippen molar-refractivity contribution in [1.29, 1.82) is 0 Å². The SMILES string of the molecule is COc1cc2c(cc1OCCCN1CCCCC1CCO)=NCN(c1cccc(F)c1F)C=2Nc1cnn(CC(N)=O)c1. The van der Waals surface area contributed by atoms with Gasteiger partial charge >= 0.3 is 0 Å². The van der Waals surface area contributed by atoms with Gasteiger partial charge in [0, 0.05) is 36.7 Å². The highest BCUT2D eigenvalue weighted by atomic mass is 19.2. The van der Waals surface area contributed by atoms with Crippen LogP contribution in [0.4, 0.5) is 20.2 Å². The van der Waals surface area contributed by atoms with Crippen molar-refractivity contribution >= 4 is 23.1 Å². The molecule has 4 N–H and O–H groups in total. The predicted molar refractivity (Wildman–Crippen MR) is 157 cm³/mol. The predicted octanol–water partition coefficient (Wildman–Crippen LogP) is 1.94. The summed E-state index contributed by atoms with van der Waals surface area (Å²) >= 11 is 0. The molecular weight excluding hydrogens is 560 g/mol. The number of rotatable bonds is 13. The largest absolute Gasteiger partial charge is 0.493 e. The lowest BCUT2D eigenvalue weighted by molar-refractivity contribution is -0.118. The van der Waals surface area contributed by atoms with Gasteiger partial charge in [-0.3, -0.25) is 14.5 Å². The number of hydrogen-bond acceptors (Lipinski definition) is 9. The first-order valence-electron chi connectivity index (χ1n) is 14.4. The maximum Gasteiger partial charge on any atom is 0.239 e. The Balaban J connectivity index is 1.43. The normalized spacial score (nSPS) is 16.9. The Labute approximate surface area is 248 Å². The van der Waals surface area contributed by atoms with Gasteiger partial charge in [-0.25, -0.2) is 8.78 Å². The third kappa shape index (κ3) is 7.05. The summed E-state index contributed by atoms with van der Waals surface area (Å²) in [5, 5.41) is 17.9. The van der Waals surface area contributed by atoms with E-state index >= 15 is 0 Å². The Bertz CT molecular complexity index is 1560. The molecule has 1 aromatic heterocycles. The van der Waals surface area contributed by atoms with Crippen molar-refractivity contribution in [2.45, 2.75) is 44.7 Å². The topological polar surface area (TPSA) is 130 Å². The second-order valence-corrected chi connectivity index (χ2v) is 10.6. The third-order valence-corrected chi connectivity index (χ3v) is 7.68. The first kappa shape index (κ1) is 30.2. The quantitative estimate of drug-likeness (QED) is 0.255. The summed E-state index contributed by atoms with van der Waals surface area (Å²) in [4.78, 5) is 20.0. The number of carbonyl (C=O) groups is 1. The van der Waals surface area contributed by atoms with Crippen LogP contribution >= 0.6 is 0 Å². The van der Waals surface area contributed by atoms with Gasteiger partial charge in [-0.1, -0.05) is 12.5 Å². The first-order chi connectivity index (χ1) is 20.9. The van der Waals surface area contributed by atoms with Gasteiger partial charge in [0.05, 0.1) is 36.6 Å². The number of benzene rings is 2. The van der Waals surface area contributed by atoms with E-state index in [1.54, 1.807) is 18.3 Å². The molecule has 43 heavy (non-hydrogen) atoms. The van der Waals surface area contributed by atoms with Crippen molar-refractivity contribution in [3.05, 3.63) is 64.9 Å². The van der Waals surface area contributed by atoms with Crippen LogP contribution in [0, 0.1) is 11.6 Å². The van der Waals surface area contributed by atoms with Gasteiger partial charge in [0.15, 0.2) is 23.1 Å². The average molecular weight is 598 g/mol. The molecule has 2 aliphatic rings. The smallest absolute Gasteiger partial charge is 0.239 e. The molecule has 2 aliphatic heterocycles. The van der Waals surface area contributed by atoms with Crippen molar-refractivity contribution in [1.82, 2.24) is 14.7 Å². The Hall–Kier alpha value is -4.23. The lowest BCUT2D eigenvalue weighted by atomic mass is 9.99. The van der Waals surface area contributed by atoms with Gasteiger partial charge in [-0.2, -0.15) is 5.10 Å². The molecule has 0 spiro atoms. The lowest BCUT2D eigenvalue weighted by Gasteiger charge is -2.35. The number of hydrogen-bond donors (Lipinski definition) is 3. The van der Waals surface area contributed by atoms with Gasteiger partial charge in [-0.15, -0.1) is 0 Å². The van der Waals surface area contributed by atoms with Crippen LogP contribution in [0.3, 0.4) is 0 Å². The van der Waals surface area contributed by atoms with Crippen molar-refractivity contribution in [2.24, 2.45) is 10.7 Å². The van der Waals surface area contributed by atoms with Crippen LogP contribution in [-0.2, 0) is 11.3 Å². The summed E-state index contributed by atoms with van der Waals surface area (Å²) in [5.41, 5.74) is 5.80. The fourth-order valence-electron chi connectivity index (χ4n) is 5.63. The number of nitrogens with one attached hydrogen (secondary N) is 1. The van der Waals surface area contributed by atoms with E-state index in [0.717, 1.165) is 44.8 Å². The van der Waals surface area contributed by atoms with E-state index < -0.39 is 17.5 Å². The molecule has 3 aromatic rings. The van der Waals surface area contributed by atoms with Gasteiger partial charge < -0.3 is 35.4 Å². The first-order valence-corrected chi connectivity index (χ1v) is 14.4. The van der Waals surface area contributed by atoms with E-state index in [1.807, 2.05) is 0 Å². The zero-order valence-corrected chi connectivity index (χ0v) is 24.1. The van der Waals surface area contributed by atoms with Crippen LogP contribution in [0.5, 0.6) is 11.5 Å². The van der Waals surface area contributed by atoms with Crippen molar-refractivity contribution in [3.8, 4) is 11.5 Å². The molecule has 1 atom stereocenters. The number of aromatic nitrogens is 2. The Morgan fingerprint density at radius 3 is 2.88 bits per heavy atom. The fourth-order valence-corrected chi connectivity index (χ4v) is 5.63. The summed E-state index contributed by atoms with van der Waals surface area (Å²) < 4.78 is 42.4. The Morgan fingerprint density at radius 2 is 2.09 bits per heavy atom. The van der Waals surface area contributed by atoms with Crippen molar-refractivity contribution in [3.63, 3.8) is 0 Å². The van der Waals surface area contributed by atoms with E-state index in [4.69, 9.17) is 15.2 Å². The number of nitrogens with zero attached hydrogens (tertiary/aromatic N) is 5. The van der Waals surface area contributed by atoms with Crippen LogP contribution in [-0.4, -0.2) is 71.8 Å². The third-order valence-electron chi connectivity index (χ3n) is 7.68. The minimum Gasteiger partial charge on any atom is -0.493 e. The Kier molecular flexibility index (Phi) is 9.72. The summed E-state index contributed by atoms with van der Waals surface area (Å²) in [6, 6.07) is 7.89. The molecule has 5 rings (SSSR count). The fraction of sp³-hybridized carbons (Fsp3) is 0.433. The molecule has 11 nitrogen and oxygen atoms in total. The molecule has 3 heterocycles. The molecule has 1 unspecified atom stereocenters. The lowest BCUT2D eigenvalue weighted by Crippen LogP contribution is -2.43. The monoisotopic (exact) mass is 597 g/mol. The number of fused-ring (bicyclic) bond motifs is 1. The number of halogens is 2. The molecule has 1 amide bonds. The molecule has 1 saturated heterocycles. The molecule has 0 bridgehead atoms. The maximum absolute atomic E-state index is 15.0. The highest BCUT2D eigenvalue weighted by Crippen LogP contribution is 2.29. The number of piperidine rings is 1. The molecule has 230 valence electrons. The van der Waals surface area contributed by atoms with E-state index in [-0.39, 0.29) is 25.5 Å². The average Bonchev–Trinajstić information content (AvgIpc) is 3.43. The number of ether oxygens (including phenoxy) is 2. The molecule has 13 heteroatoms. The summed E-state index contributed by atoms with van der Waals surface area (Å²) in [5.74, 6) is -1.15. The number of likely N-dealkylation sites (tertiary alicyclic amines) is 1. The maximum atomic E-state index is 15.0. The van der Waals surface area contributed by atoms with Crippen molar-refractivity contribution < 1.29 is 28.2 Å². The molecule has 0 radical (unpaired) electrons. The van der Waals surface area contributed by atoms with Crippen LogP contribution < -0.4 is 36.0 Å². The minimum absolute atomic E-state index is 0.00188. The van der Waals surface area contributed by atoms with E-state index in [0.29, 0.717) is 46.2 Å². The van der Waals surface area contributed by atoms with Gasteiger partial charge in [0.1, 0.15) is 19.0 Å². The number of aliphatic hydroxyl groups excluding tert-OH is 1. The molecule has 2 aromatic carbocycles. The molecule has 1 fully saturated rings. The Morgan fingerprint density at radius 1 is 1.23 bits per heavy atom. The van der Waals surface area contributed by atoms with Crippen LogP contribution in [0.15, 0.2) is 47.7 Å². The molecule has 0 aliphatic carbocycles. The van der Waals surface area contributed by atoms with Gasteiger partial charge in [-0.05, 0) is 50.4 Å². The van der Waals surface area contributed by atoms with Crippen LogP contribution in [0.2, 0.25) is 0 Å². The summed E-state index contributed by atoms with van der Waals surface area (Å²) in [7, 11) is 1.53. The zero-order chi connectivity index (χ0) is 30.3. The van der Waals surface area contributed by atoms with E-state index in [1.165, 1.54) is 41.4 Å². The van der Waals surface area contributed by atoms with Gasteiger partial charge in [0.25, 0.3) is 0 Å². The van der Waals surface area contributed by atoms with Crippen LogP contribution in [0.1, 0.15) is 32.1 Å². The number of nitrogens with two attached hydrogens (primary N) is 1. The second kappa shape index (κ2) is 13.8. The van der Waals surface area contributed by atoms with E-state index in [9.17, 15) is 18.7 Å². The highest BCUT2D eigenvalue weighted by Gasteiger charge is 2.24. The molecule has 0 saturated carbocycles. The van der Waals surface area contributed by atoms with Crippen LogP contribution in [0.25, 0.3) is 5.82 Å². The number of amides is 1. The number of methoxy groups -OCH3 is 1. The minimum atomic E-state index is -1.01. The standard InChI is InChI=1S/C30H37F2N7O4/c1-42-26-14-22-24(15-27(26)43-13-5-11-37-10-3-2-6-21(37)9-12-40)34-19-39(25-8-4-7-23(31)29(25)32)30(22)36-20-16-35-38(17-20)18-28(33)41/h4,7-8,14-17,21,36,40H,2-3,5-6,9-13,18-19H2,1H3,(H2,33,41). The number of carbonyl (C=O) groups excluding carboxylic acids is 1. The second-order valence-electron chi connectivity index (χ2n) is 10.6. The summed E-state index contributed by atoms with van der Waals surface area (Å²) in [6.45, 7) is 2.45. The number of anilines is 2. The summed E-state index contributed by atoms with van der Waals surface area (Å²) in [6.07, 6.45) is 8.15. The zero-order valence-electron chi connectivity index (χ0n) is 24.1. The van der Waals surface area contributed by atoms with E-state index in [2.05, 4.69) is 20.3 Å². The molecular formula is C30H37F2N7O4. The number of primary amides is 1. The highest BCUT2D eigenvalue weighted by molar-refractivity contribution is 5.78. The van der Waals surface area contributed by atoms with Crippen molar-refractivity contribution in [2.75, 3.05) is 50.3 Å². The van der Waals surface area contributed by atoms with Gasteiger partial charge in [0.2, 0.25) is 5.91 Å². The number of aliphatic hydroxyl groups is 1.